The van der Waals surface area contributed by atoms with Crippen LogP contribution >= 0.6 is 11.3 Å². The Balaban J connectivity index is 2.36. The van der Waals surface area contributed by atoms with Gasteiger partial charge in [0, 0.05) is 25.1 Å². The Hall–Kier alpha value is -1.39. The molecular formula is C14H20N2O3S. The van der Waals surface area contributed by atoms with Crippen molar-refractivity contribution in [1.29, 1.82) is 0 Å². The molecule has 1 aromatic rings. The number of aliphatic hydroxyl groups excluding tert-OH is 1. The quantitative estimate of drug-likeness (QED) is 0.561. The molecule has 0 radical (unpaired) electrons. The summed E-state index contributed by atoms with van der Waals surface area (Å²) < 4.78 is 4.87. The van der Waals surface area contributed by atoms with Crippen molar-refractivity contribution in [3.63, 3.8) is 0 Å². The van der Waals surface area contributed by atoms with Crippen LogP contribution in [0.15, 0.2) is 12.1 Å². The van der Waals surface area contributed by atoms with Gasteiger partial charge in [0.25, 0.3) is 0 Å². The molecule has 0 aliphatic rings. The molecule has 0 atom stereocenters. The number of nitrogens with zero attached hydrogens (tertiary/aromatic N) is 1. The van der Waals surface area contributed by atoms with Crippen LogP contribution in [0.4, 0.5) is 0 Å². The zero-order valence-corrected chi connectivity index (χ0v) is 12.6. The molecule has 5 nitrogen and oxygen atoms in total. The molecule has 0 aliphatic carbocycles. The van der Waals surface area contributed by atoms with Gasteiger partial charge in [0.2, 0.25) is 5.91 Å². The zero-order chi connectivity index (χ0) is 14.8. The van der Waals surface area contributed by atoms with Crippen LogP contribution in [0.25, 0.3) is 0 Å². The summed E-state index contributed by atoms with van der Waals surface area (Å²) in [7, 11) is 3.50. The molecule has 0 spiro atoms. The third kappa shape index (κ3) is 6.68. The SMILES string of the molecule is COCCNC(=O)CN(C)Cc1ccc(C#CCO)s1. The highest BCUT2D eigenvalue weighted by Gasteiger charge is 2.08. The average molecular weight is 296 g/mol. The summed E-state index contributed by atoms with van der Waals surface area (Å²) in [4.78, 5) is 15.6. The molecule has 110 valence electrons. The van der Waals surface area contributed by atoms with Crippen LogP contribution < -0.4 is 5.32 Å². The number of methoxy groups -OCH3 is 1. The zero-order valence-electron chi connectivity index (χ0n) is 11.8. The molecule has 20 heavy (non-hydrogen) atoms. The second-order valence-electron chi connectivity index (χ2n) is 4.24. The van der Waals surface area contributed by atoms with E-state index in [1.54, 1.807) is 18.4 Å². The number of carbonyl (C=O) groups excluding carboxylic acids is 1. The second kappa shape index (κ2) is 9.50. The summed E-state index contributed by atoms with van der Waals surface area (Å²) in [6.45, 7) is 1.97. The lowest BCUT2D eigenvalue weighted by atomic mass is 10.4. The molecule has 1 heterocycles. The topological polar surface area (TPSA) is 61.8 Å². The summed E-state index contributed by atoms with van der Waals surface area (Å²) >= 11 is 1.57. The maximum atomic E-state index is 11.6. The second-order valence-corrected chi connectivity index (χ2v) is 5.41. The predicted molar refractivity (Wildman–Crippen MR) is 79.5 cm³/mol. The molecule has 1 aromatic heterocycles. The molecule has 1 rings (SSSR count). The molecule has 6 heteroatoms. The Bertz CT molecular complexity index is 476. The van der Waals surface area contributed by atoms with Gasteiger partial charge in [0.1, 0.15) is 6.61 Å². The molecule has 0 fully saturated rings. The number of hydrogen-bond donors (Lipinski definition) is 2. The summed E-state index contributed by atoms with van der Waals surface area (Å²) in [5, 5.41) is 11.4. The minimum Gasteiger partial charge on any atom is -0.384 e. The van der Waals surface area contributed by atoms with Crippen molar-refractivity contribution in [2.75, 3.05) is 40.5 Å². The molecule has 0 aliphatic heterocycles. The van der Waals surface area contributed by atoms with Crippen LogP contribution in [0.1, 0.15) is 9.75 Å². The third-order valence-corrected chi connectivity index (χ3v) is 3.41. The Labute approximate surface area is 123 Å². The fourth-order valence-corrected chi connectivity index (χ4v) is 2.53. The van der Waals surface area contributed by atoms with Gasteiger partial charge in [-0.05, 0) is 19.2 Å². The molecule has 0 aromatic carbocycles. The lowest BCUT2D eigenvalue weighted by Crippen LogP contribution is -2.36. The van der Waals surface area contributed by atoms with Crippen LogP contribution in [0.5, 0.6) is 0 Å². The highest BCUT2D eigenvalue weighted by atomic mass is 32.1. The molecular weight excluding hydrogens is 276 g/mol. The van der Waals surface area contributed by atoms with Gasteiger partial charge in [0.15, 0.2) is 0 Å². The summed E-state index contributed by atoms with van der Waals surface area (Å²) in [6.07, 6.45) is 0. The molecule has 1 amide bonds. The van der Waals surface area contributed by atoms with E-state index in [1.807, 2.05) is 24.1 Å². The average Bonchev–Trinajstić information content (AvgIpc) is 2.84. The van der Waals surface area contributed by atoms with Gasteiger partial charge in [-0.1, -0.05) is 11.8 Å². The number of aliphatic hydroxyl groups is 1. The number of ether oxygens (including phenoxy) is 1. The lowest BCUT2D eigenvalue weighted by Gasteiger charge is -2.15. The largest absolute Gasteiger partial charge is 0.384 e. The summed E-state index contributed by atoms with van der Waals surface area (Å²) in [5.41, 5.74) is 0. The third-order valence-electron chi connectivity index (χ3n) is 2.42. The van der Waals surface area contributed by atoms with Gasteiger partial charge in [0.05, 0.1) is 18.0 Å². The van der Waals surface area contributed by atoms with Crippen LogP contribution in [0, 0.1) is 11.8 Å². The molecule has 0 saturated heterocycles. The predicted octanol–water partition coefficient (Wildman–Crippen LogP) is 0.286. The van der Waals surface area contributed by atoms with Gasteiger partial charge in [-0.25, -0.2) is 0 Å². The number of amides is 1. The van der Waals surface area contributed by atoms with E-state index in [0.717, 1.165) is 9.75 Å². The number of nitrogens with one attached hydrogen (secondary N) is 1. The van der Waals surface area contributed by atoms with E-state index in [9.17, 15) is 4.79 Å². The first-order valence-corrected chi connectivity index (χ1v) is 7.10. The van der Waals surface area contributed by atoms with Crippen molar-refractivity contribution in [3.05, 3.63) is 21.9 Å². The van der Waals surface area contributed by atoms with E-state index in [1.165, 1.54) is 0 Å². The van der Waals surface area contributed by atoms with E-state index in [4.69, 9.17) is 9.84 Å². The van der Waals surface area contributed by atoms with Gasteiger partial charge in [-0.2, -0.15) is 0 Å². The van der Waals surface area contributed by atoms with Crippen molar-refractivity contribution in [2.24, 2.45) is 0 Å². The monoisotopic (exact) mass is 296 g/mol. The minimum absolute atomic E-state index is 0.0126. The Kier molecular flexibility index (Phi) is 7.92. The van der Waals surface area contributed by atoms with Crippen molar-refractivity contribution >= 4 is 17.2 Å². The molecule has 2 N–H and O–H groups in total. The summed E-state index contributed by atoms with van der Waals surface area (Å²) in [6, 6.07) is 3.92. The van der Waals surface area contributed by atoms with E-state index in [0.29, 0.717) is 26.2 Å². The highest BCUT2D eigenvalue weighted by molar-refractivity contribution is 7.12. The molecule has 0 bridgehead atoms. The lowest BCUT2D eigenvalue weighted by molar-refractivity contribution is -0.122. The van der Waals surface area contributed by atoms with Crippen molar-refractivity contribution in [1.82, 2.24) is 10.2 Å². The first-order valence-electron chi connectivity index (χ1n) is 6.28. The Morgan fingerprint density at radius 1 is 1.55 bits per heavy atom. The van der Waals surface area contributed by atoms with Crippen molar-refractivity contribution in [3.8, 4) is 11.8 Å². The number of carbonyl (C=O) groups is 1. The van der Waals surface area contributed by atoms with Gasteiger partial charge >= 0.3 is 0 Å². The van der Waals surface area contributed by atoms with Crippen LogP contribution in [-0.4, -0.2) is 56.4 Å². The Morgan fingerprint density at radius 3 is 3.05 bits per heavy atom. The summed E-state index contributed by atoms with van der Waals surface area (Å²) in [5.74, 6) is 5.48. The number of rotatable bonds is 7. The minimum atomic E-state index is -0.130. The van der Waals surface area contributed by atoms with Crippen molar-refractivity contribution < 1.29 is 14.6 Å². The standard InChI is InChI=1S/C14H20N2O3S/c1-16(11-14(18)15-7-9-19-2)10-13-6-5-12(20-13)4-3-8-17/h5-6,17H,7-11H2,1-2H3,(H,15,18). The first kappa shape index (κ1) is 16.7. The molecule has 0 unspecified atom stereocenters. The number of hydrogen-bond acceptors (Lipinski definition) is 5. The normalized spacial score (nSPS) is 10.2. The maximum absolute atomic E-state index is 11.6. The fraction of sp³-hybridized carbons (Fsp3) is 0.500. The first-order chi connectivity index (χ1) is 9.65. The number of thiophene rings is 1. The fourth-order valence-electron chi connectivity index (χ4n) is 1.57. The van der Waals surface area contributed by atoms with E-state index in [-0.39, 0.29) is 12.5 Å². The smallest absolute Gasteiger partial charge is 0.234 e. The van der Waals surface area contributed by atoms with E-state index >= 15 is 0 Å². The van der Waals surface area contributed by atoms with Gasteiger partial charge in [-0.15, -0.1) is 11.3 Å². The van der Waals surface area contributed by atoms with E-state index < -0.39 is 0 Å². The number of likely N-dealkylation sites (N-methyl/N-ethyl adjacent to an activating group) is 1. The Morgan fingerprint density at radius 2 is 2.35 bits per heavy atom. The van der Waals surface area contributed by atoms with Gasteiger partial charge < -0.3 is 15.2 Å². The highest BCUT2D eigenvalue weighted by Crippen LogP contribution is 2.16. The van der Waals surface area contributed by atoms with Crippen LogP contribution in [0.3, 0.4) is 0 Å². The van der Waals surface area contributed by atoms with E-state index in [2.05, 4.69) is 17.2 Å². The van der Waals surface area contributed by atoms with Gasteiger partial charge in [-0.3, -0.25) is 9.69 Å². The van der Waals surface area contributed by atoms with Crippen LogP contribution in [0.2, 0.25) is 0 Å². The van der Waals surface area contributed by atoms with Crippen molar-refractivity contribution in [2.45, 2.75) is 6.54 Å². The van der Waals surface area contributed by atoms with Crippen LogP contribution in [-0.2, 0) is 16.1 Å². The maximum Gasteiger partial charge on any atom is 0.234 e. The molecule has 0 saturated carbocycles.